The van der Waals surface area contributed by atoms with Gasteiger partial charge in [0, 0.05) is 25.2 Å². The average Bonchev–Trinajstić information content (AvgIpc) is 2.54. The van der Waals surface area contributed by atoms with Crippen LogP contribution >= 0.6 is 0 Å². The number of nitrogens with zero attached hydrogens (tertiary/aromatic N) is 2. The highest BCUT2D eigenvalue weighted by Gasteiger charge is 2.28. The van der Waals surface area contributed by atoms with E-state index in [1.54, 1.807) is 0 Å². The Labute approximate surface area is 139 Å². The summed E-state index contributed by atoms with van der Waals surface area (Å²) in [5.74, 6) is 1.07. The van der Waals surface area contributed by atoms with Gasteiger partial charge in [-0.25, -0.2) is 4.98 Å². The van der Waals surface area contributed by atoms with Crippen LogP contribution < -0.4 is 16.0 Å². The normalized spacial score (nSPS) is 30.9. The maximum atomic E-state index is 6.08. The molecule has 3 N–H and O–H groups in total. The zero-order chi connectivity index (χ0) is 16.4. The van der Waals surface area contributed by atoms with E-state index in [1.807, 2.05) is 0 Å². The predicted molar refractivity (Wildman–Crippen MR) is 95.1 cm³/mol. The average molecular weight is 318 g/mol. The molecule has 1 aromatic heterocycles. The number of rotatable bonds is 5. The summed E-state index contributed by atoms with van der Waals surface area (Å²) in [5.41, 5.74) is 8.06. The molecule has 2 atom stereocenters. The minimum atomic E-state index is 0.310. The Morgan fingerprint density at radius 3 is 2.39 bits per heavy atom. The molecule has 2 heterocycles. The van der Waals surface area contributed by atoms with Crippen LogP contribution in [0.4, 0.5) is 11.5 Å². The van der Waals surface area contributed by atoms with Crippen LogP contribution in [0.15, 0.2) is 12.1 Å². The van der Waals surface area contributed by atoms with Gasteiger partial charge in [0.25, 0.3) is 0 Å². The van der Waals surface area contributed by atoms with Gasteiger partial charge in [0.2, 0.25) is 0 Å². The number of nitrogens with one attached hydrogen (secondary N) is 1. The first-order valence-electron chi connectivity index (χ1n) is 8.99. The summed E-state index contributed by atoms with van der Waals surface area (Å²) in [6, 6.07) is 5.18. The van der Waals surface area contributed by atoms with Crippen LogP contribution in [0.2, 0.25) is 0 Å². The van der Waals surface area contributed by atoms with Crippen LogP contribution in [-0.4, -0.2) is 42.4 Å². The van der Waals surface area contributed by atoms with Crippen LogP contribution in [0.5, 0.6) is 0 Å². The first-order valence-corrected chi connectivity index (χ1v) is 8.99. The second-order valence-electron chi connectivity index (χ2n) is 6.98. The number of hydrogen-bond donors (Lipinski definition) is 2. The van der Waals surface area contributed by atoms with Gasteiger partial charge in [-0.15, -0.1) is 0 Å². The number of aryl methyl sites for hydroxylation is 1. The largest absolute Gasteiger partial charge is 0.381 e. The Morgan fingerprint density at radius 2 is 1.87 bits per heavy atom. The van der Waals surface area contributed by atoms with Crippen molar-refractivity contribution in [3.8, 4) is 0 Å². The van der Waals surface area contributed by atoms with Crippen molar-refractivity contribution in [1.82, 2.24) is 4.98 Å². The molecule has 0 aromatic carbocycles. The Morgan fingerprint density at radius 1 is 1.22 bits per heavy atom. The third-order valence-corrected chi connectivity index (χ3v) is 5.07. The quantitative estimate of drug-likeness (QED) is 0.874. The molecular formula is C18H30N4O. The standard InChI is InChI=1S/C18H30N4O/c1-4-15-10-22(11-16(5-2)23-15)18-7-6-17(12(3)20-18)21-14-8-13(19)9-14/h6-7,13-16,21H,4-5,8-11,19H2,1-3H3. The van der Waals surface area contributed by atoms with Gasteiger partial charge in [0.15, 0.2) is 0 Å². The Kier molecular flexibility index (Phi) is 5.07. The first kappa shape index (κ1) is 16.5. The lowest BCUT2D eigenvalue weighted by atomic mass is 9.87. The topological polar surface area (TPSA) is 63.4 Å². The van der Waals surface area contributed by atoms with E-state index < -0.39 is 0 Å². The third-order valence-electron chi connectivity index (χ3n) is 5.07. The van der Waals surface area contributed by atoms with Gasteiger partial charge in [-0.05, 0) is 44.7 Å². The zero-order valence-corrected chi connectivity index (χ0v) is 14.6. The lowest BCUT2D eigenvalue weighted by Crippen LogP contribution is -2.47. The third kappa shape index (κ3) is 3.78. The lowest BCUT2D eigenvalue weighted by molar-refractivity contribution is -0.0287. The molecule has 3 rings (SSSR count). The predicted octanol–water partition coefficient (Wildman–Crippen LogP) is 2.69. The van der Waals surface area contributed by atoms with Gasteiger partial charge in [0.1, 0.15) is 5.82 Å². The lowest BCUT2D eigenvalue weighted by Gasteiger charge is -2.38. The van der Waals surface area contributed by atoms with Crippen molar-refractivity contribution in [3.05, 3.63) is 17.8 Å². The minimum Gasteiger partial charge on any atom is -0.381 e. The van der Waals surface area contributed by atoms with Crippen molar-refractivity contribution in [3.63, 3.8) is 0 Å². The Bertz CT molecular complexity index is 518. The van der Waals surface area contributed by atoms with Gasteiger partial charge >= 0.3 is 0 Å². The van der Waals surface area contributed by atoms with Crippen LogP contribution in [0, 0.1) is 6.92 Å². The summed E-state index contributed by atoms with van der Waals surface area (Å²) in [6.45, 7) is 8.33. The van der Waals surface area contributed by atoms with E-state index in [1.165, 1.54) is 0 Å². The number of ether oxygens (including phenoxy) is 1. The maximum Gasteiger partial charge on any atom is 0.129 e. The highest BCUT2D eigenvalue weighted by molar-refractivity contribution is 5.54. The van der Waals surface area contributed by atoms with Crippen molar-refractivity contribution in [1.29, 1.82) is 0 Å². The minimum absolute atomic E-state index is 0.310. The molecule has 128 valence electrons. The number of morpholine rings is 1. The molecule has 2 fully saturated rings. The molecule has 0 radical (unpaired) electrons. The van der Waals surface area contributed by atoms with Crippen molar-refractivity contribution >= 4 is 11.5 Å². The Balaban J connectivity index is 1.68. The van der Waals surface area contributed by atoms with Crippen molar-refractivity contribution in [2.24, 2.45) is 5.73 Å². The van der Waals surface area contributed by atoms with Gasteiger partial charge < -0.3 is 20.7 Å². The van der Waals surface area contributed by atoms with Gasteiger partial charge in [-0.1, -0.05) is 13.8 Å². The van der Waals surface area contributed by atoms with Gasteiger partial charge in [-0.3, -0.25) is 0 Å². The summed E-state index contributed by atoms with van der Waals surface area (Å²) in [6.07, 6.45) is 4.83. The molecule has 0 bridgehead atoms. The van der Waals surface area contributed by atoms with Crippen LogP contribution in [0.1, 0.15) is 45.2 Å². The molecule has 23 heavy (non-hydrogen) atoms. The molecule has 1 aromatic rings. The second-order valence-corrected chi connectivity index (χ2v) is 6.98. The SMILES string of the molecule is CCC1CN(c2ccc(NC3CC(N)C3)c(C)n2)CC(CC)O1. The number of nitrogens with two attached hydrogens (primary N) is 1. The van der Waals surface area contributed by atoms with Crippen LogP contribution in [-0.2, 0) is 4.74 Å². The van der Waals surface area contributed by atoms with E-state index >= 15 is 0 Å². The van der Waals surface area contributed by atoms with E-state index in [-0.39, 0.29) is 0 Å². The highest BCUT2D eigenvalue weighted by atomic mass is 16.5. The van der Waals surface area contributed by atoms with E-state index in [9.17, 15) is 0 Å². The first-order chi connectivity index (χ1) is 11.1. The summed E-state index contributed by atoms with van der Waals surface area (Å²) in [5, 5.41) is 3.56. The summed E-state index contributed by atoms with van der Waals surface area (Å²) < 4.78 is 6.08. The fourth-order valence-electron chi connectivity index (χ4n) is 3.44. The van der Waals surface area contributed by atoms with Crippen molar-refractivity contribution < 1.29 is 4.74 Å². The maximum absolute atomic E-state index is 6.08. The molecule has 0 spiro atoms. The summed E-state index contributed by atoms with van der Waals surface area (Å²) in [4.78, 5) is 7.22. The molecular weight excluding hydrogens is 288 g/mol. The zero-order valence-electron chi connectivity index (χ0n) is 14.6. The molecule has 1 saturated heterocycles. The van der Waals surface area contributed by atoms with E-state index in [0.717, 1.165) is 56.0 Å². The number of hydrogen-bond acceptors (Lipinski definition) is 5. The van der Waals surface area contributed by atoms with Crippen LogP contribution in [0.3, 0.4) is 0 Å². The molecule has 1 aliphatic carbocycles. The summed E-state index contributed by atoms with van der Waals surface area (Å²) >= 11 is 0. The molecule has 0 amide bonds. The van der Waals surface area contributed by atoms with Gasteiger partial charge in [-0.2, -0.15) is 0 Å². The second kappa shape index (κ2) is 7.05. The fourth-order valence-corrected chi connectivity index (χ4v) is 3.44. The van der Waals surface area contributed by atoms with E-state index in [4.69, 9.17) is 15.5 Å². The highest BCUT2D eigenvalue weighted by Crippen LogP contribution is 2.27. The molecule has 5 nitrogen and oxygen atoms in total. The molecule has 2 aliphatic rings. The molecule has 2 unspecified atom stereocenters. The smallest absolute Gasteiger partial charge is 0.129 e. The van der Waals surface area contributed by atoms with Crippen LogP contribution in [0.25, 0.3) is 0 Å². The fraction of sp³-hybridized carbons (Fsp3) is 0.722. The number of pyridine rings is 1. The van der Waals surface area contributed by atoms with Crippen molar-refractivity contribution in [2.75, 3.05) is 23.3 Å². The monoisotopic (exact) mass is 318 g/mol. The number of anilines is 2. The summed E-state index contributed by atoms with van der Waals surface area (Å²) in [7, 11) is 0. The molecule has 1 saturated carbocycles. The van der Waals surface area contributed by atoms with E-state index in [0.29, 0.717) is 24.3 Å². The molecule has 5 heteroatoms. The number of aromatic nitrogens is 1. The van der Waals surface area contributed by atoms with E-state index in [2.05, 4.69) is 43.1 Å². The Hall–Kier alpha value is -1.33. The van der Waals surface area contributed by atoms with Gasteiger partial charge in [0.05, 0.1) is 23.6 Å². The van der Waals surface area contributed by atoms with Crippen molar-refractivity contribution in [2.45, 2.75) is 70.7 Å². The molecule has 1 aliphatic heterocycles.